The maximum atomic E-state index is 11.7. The smallest absolute Gasteiger partial charge is 0.252 e. The van der Waals surface area contributed by atoms with Crippen molar-refractivity contribution in [2.75, 3.05) is 24.6 Å². The monoisotopic (exact) mass is 251 g/mol. The normalized spacial score (nSPS) is 21.1. The molecule has 0 aromatic carbocycles. The van der Waals surface area contributed by atoms with Crippen LogP contribution < -0.4 is 10.5 Å². The molecule has 18 heavy (non-hydrogen) atoms. The lowest BCUT2D eigenvalue weighted by atomic mass is 10.2. The first-order chi connectivity index (χ1) is 8.56. The summed E-state index contributed by atoms with van der Waals surface area (Å²) >= 11 is 0. The summed E-state index contributed by atoms with van der Waals surface area (Å²) in [6.07, 6.45) is 1.15. The molecular formula is C13H21N3O2. The van der Waals surface area contributed by atoms with E-state index in [1.165, 1.54) is 0 Å². The van der Waals surface area contributed by atoms with Gasteiger partial charge in [-0.3, -0.25) is 4.79 Å². The van der Waals surface area contributed by atoms with Crippen LogP contribution >= 0.6 is 0 Å². The molecule has 1 fully saturated rings. The largest absolute Gasteiger partial charge is 0.377 e. The lowest BCUT2D eigenvalue weighted by Crippen LogP contribution is -2.32. The van der Waals surface area contributed by atoms with Crippen LogP contribution in [-0.4, -0.2) is 35.8 Å². The molecule has 100 valence electrons. The minimum atomic E-state index is -0.0819. The third kappa shape index (κ3) is 3.10. The molecule has 5 heteroatoms. The molecule has 1 unspecified atom stereocenters. The van der Waals surface area contributed by atoms with E-state index < -0.39 is 0 Å². The Morgan fingerprint density at radius 3 is 3.06 bits per heavy atom. The van der Waals surface area contributed by atoms with Crippen LogP contribution in [0.4, 0.5) is 5.82 Å². The van der Waals surface area contributed by atoms with Gasteiger partial charge in [0.1, 0.15) is 11.6 Å². The molecule has 0 saturated carbocycles. The molecule has 1 aromatic rings. The summed E-state index contributed by atoms with van der Waals surface area (Å²) in [5.41, 5.74) is -0.0819. The van der Waals surface area contributed by atoms with Gasteiger partial charge in [-0.25, -0.2) is 4.98 Å². The highest BCUT2D eigenvalue weighted by molar-refractivity contribution is 5.38. The third-order valence-electron chi connectivity index (χ3n) is 3.07. The molecule has 1 aliphatic rings. The Morgan fingerprint density at radius 2 is 2.33 bits per heavy atom. The summed E-state index contributed by atoms with van der Waals surface area (Å²) in [4.78, 5) is 21.1. The van der Waals surface area contributed by atoms with Gasteiger partial charge in [-0.1, -0.05) is 13.8 Å². The topological polar surface area (TPSA) is 58.2 Å². The summed E-state index contributed by atoms with van der Waals surface area (Å²) in [5, 5.41) is 0. The lowest BCUT2D eigenvalue weighted by Gasteiger charge is -2.23. The number of hydrogen-bond acceptors (Lipinski definition) is 4. The van der Waals surface area contributed by atoms with Gasteiger partial charge in [0.05, 0.1) is 6.10 Å². The van der Waals surface area contributed by atoms with Crippen molar-refractivity contribution in [2.45, 2.75) is 39.2 Å². The van der Waals surface area contributed by atoms with Crippen molar-refractivity contribution in [1.29, 1.82) is 0 Å². The van der Waals surface area contributed by atoms with Crippen LogP contribution in [0.3, 0.4) is 0 Å². The van der Waals surface area contributed by atoms with E-state index in [1.807, 2.05) is 13.8 Å². The number of aromatic nitrogens is 2. The maximum absolute atomic E-state index is 11.7. The van der Waals surface area contributed by atoms with Gasteiger partial charge < -0.3 is 14.6 Å². The molecule has 1 N–H and O–H groups in total. The van der Waals surface area contributed by atoms with Crippen molar-refractivity contribution in [3.63, 3.8) is 0 Å². The quantitative estimate of drug-likeness (QED) is 0.865. The van der Waals surface area contributed by atoms with Gasteiger partial charge in [0, 0.05) is 31.7 Å². The number of hydrogen-bond donors (Lipinski definition) is 1. The molecule has 2 heterocycles. The molecule has 0 spiro atoms. The summed E-state index contributed by atoms with van der Waals surface area (Å²) in [5.74, 6) is 1.73. The number of anilines is 1. The molecule has 2 rings (SSSR count). The molecular weight excluding hydrogens is 230 g/mol. The fourth-order valence-electron chi connectivity index (χ4n) is 2.10. The SMILES string of the molecule is CC1CN(c2cc(=O)[nH]c(C(C)C)n2)CCCO1. The molecule has 1 aliphatic heterocycles. The first-order valence-electron chi connectivity index (χ1n) is 6.54. The highest BCUT2D eigenvalue weighted by atomic mass is 16.5. The second-order valence-corrected chi connectivity index (χ2v) is 5.12. The minimum absolute atomic E-state index is 0.0819. The number of H-pyrrole nitrogens is 1. The average Bonchev–Trinajstić information content (AvgIpc) is 2.53. The Morgan fingerprint density at radius 1 is 1.56 bits per heavy atom. The van der Waals surface area contributed by atoms with Crippen LogP contribution in [0.15, 0.2) is 10.9 Å². The minimum Gasteiger partial charge on any atom is -0.377 e. The van der Waals surface area contributed by atoms with E-state index in [0.717, 1.165) is 37.8 Å². The van der Waals surface area contributed by atoms with E-state index >= 15 is 0 Å². The Hall–Kier alpha value is -1.36. The van der Waals surface area contributed by atoms with Crippen molar-refractivity contribution >= 4 is 5.82 Å². The van der Waals surface area contributed by atoms with E-state index in [-0.39, 0.29) is 17.6 Å². The fourth-order valence-corrected chi connectivity index (χ4v) is 2.10. The lowest BCUT2D eigenvalue weighted by molar-refractivity contribution is 0.0820. The van der Waals surface area contributed by atoms with Crippen LogP contribution in [0.2, 0.25) is 0 Å². The van der Waals surface area contributed by atoms with Crippen LogP contribution in [0, 0.1) is 0 Å². The zero-order valence-corrected chi connectivity index (χ0v) is 11.3. The molecule has 0 amide bonds. The van der Waals surface area contributed by atoms with Crippen molar-refractivity contribution in [3.8, 4) is 0 Å². The van der Waals surface area contributed by atoms with Crippen molar-refractivity contribution in [2.24, 2.45) is 0 Å². The molecule has 5 nitrogen and oxygen atoms in total. The van der Waals surface area contributed by atoms with Crippen LogP contribution in [0.5, 0.6) is 0 Å². The van der Waals surface area contributed by atoms with Crippen LogP contribution in [0.1, 0.15) is 38.9 Å². The molecule has 0 radical (unpaired) electrons. The second kappa shape index (κ2) is 5.52. The average molecular weight is 251 g/mol. The zero-order valence-electron chi connectivity index (χ0n) is 11.3. The van der Waals surface area contributed by atoms with Crippen LogP contribution in [0.25, 0.3) is 0 Å². The second-order valence-electron chi connectivity index (χ2n) is 5.12. The summed E-state index contributed by atoms with van der Waals surface area (Å²) < 4.78 is 5.61. The highest BCUT2D eigenvalue weighted by Gasteiger charge is 2.17. The number of nitrogens with zero attached hydrogens (tertiary/aromatic N) is 2. The number of ether oxygens (including phenoxy) is 1. The first kappa shape index (κ1) is 13.1. The Bertz CT molecular complexity index is 456. The van der Waals surface area contributed by atoms with Gasteiger partial charge >= 0.3 is 0 Å². The van der Waals surface area contributed by atoms with Gasteiger partial charge in [0.15, 0.2) is 0 Å². The number of rotatable bonds is 2. The van der Waals surface area contributed by atoms with E-state index in [9.17, 15) is 4.79 Å². The Balaban J connectivity index is 2.28. The van der Waals surface area contributed by atoms with E-state index in [2.05, 4.69) is 21.8 Å². The summed E-state index contributed by atoms with van der Waals surface area (Å²) in [6.45, 7) is 8.55. The van der Waals surface area contributed by atoms with Gasteiger partial charge in [0.25, 0.3) is 5.56 Å². The van der Waals surface area contributed by atoms with Gasteiger partial charge in [0.2, 0.25) is 0 Å². The Kier molecular flexibility index (Phi) is 4.01. The van der Waals surface area contributed by atoms with Crippen molar-refractivity contribution in [3.05, 3.63) is 22.2 Å². The predicted octanol–water partition coefficient (Wildman–Crippen LogP) is 1.51. The highest BCUT2D eigenvalue weighted by Crippen LogP contribution is 2.16. The fraction of sp³-hybridized carbons (Fsp3) is 0.692. The molecule has 0 aliphatic carbocycles. The number of nitrogens with one attached hydrogen (secondary N) is 1. The predicted molar refractivity (Wildman–Crippen MR) is 71.2 cm³/mol. The van der Waals surface area contributed by atoms with Crippen LogP contribution in [-0.2, 0) is 4.74 Å². The van der Waals surface area contributed by atoms with Gasteiger partial charge in [-0.15, -0.1) is 0 Å². The number of aromatic amines is 1. The maximum Gasteiger partial charge on any atom is 0.252 e. The van der Waals surface area contributed by atoms with E-state index in [1.54, 1.807) is 6.07 Å². The Labute approximate surface area is 107 Å². The molecule has 1 saturated heterocycles. The molecule has 0 bridgehead atoms. The van der Waals surface area contributed by atoms with Gasteiger partial charge in [-0.2, -0.15) is 0 Å². The van der Waals surface area contributed by atoms with Crippen molar-refractivity contribution in [1.82, 2.24) is 9.97 Å². The third-order valence-corrected chi connectivity index (χ3v) is 3.07. The van der Waals surface area contributed by atoms with E-state index in [0.29, 0.717) is 0 Å². The summed E-state index contributed by atoms with van der Waals surface area (Å²) in [7, 11) is 0. The van der Waals surface area contributed by atoms with Crippen molar-refractivity contribution < 1.29 is 4.74 Å². The van der Waals surface area contributed by atoms with Gasteiger partial charge in [-0.05, 0) is 13.3 Å². The molecule has 1 atom stereocenters. The molecule has 1 aromatic heterocycles. The standard InChI is InChI=1S/C13H21N3O2/c1-9(2)13-14-11(7-12(17)15-13)16-5-4-6-18-10(3)8-16/h7,9-10H,4-6,8H2,1-3H3,(H,14,15,17). The first-order valence-corrected chi connectivity index (χ1v) is 6.54. The van der Waals surface area contributed by atoms with E-state index in [4.69, 9.17) is 4.74 Å². The summed E-state index contributed by atoms with van der Waals surface area (Å²) in [6, 6.07) is 1.57. The zero-order chi connectivity index (χ0) is 13.1.